The molecule has 2 bridgehead atoms. The fourth-order valence-corrected chi connectivity index (χ4v) is 4.17. The van der Waals surface area contributed by atoms with E-state index in [-0.39, 0.29) is 17.0 Å². The van der Waals surface area contributed by atoms with Crippen molar-refractivity contribution in [2.24, 2.45) is 5.73 Å². The Balaban J connectivity index is 1.65. The minimum atomic E-state index is -3.89. The molecule has 0 radical (unpaired) electrons. The molecule has 3 N–H and O–H groups in total. The van der Waals surface area contributed by atoms with Gasteiger partial charge in [-0.1, -0.05) is 17.7 Å². The second-order valence-corrected chi connectivity index (χ2v) is 8.40. The maximum atomic E-state index is 12.2. The third-order valence-electron chi connectivity index (χ3n) is 5.04. The molecule has 1 unspecified atom stereocenters. The predicted octanol–water partition coefficient (Wildman–Crippen LogP) is 1.10. The molecule has 0 spiro atoms. The van der Waals surface area contributed by atoms with Crippen molar-refractivity contribution >= 4 is 10.1 Å². The van der Waals surface area contributed by atoms with Gasteiger partial charge in [0.25, 0.3) is 10.1 Å². The Morgan fingerprint density at radius 3 is 2.39 bits per heavy atom. The van der Waals surface area contributed by atoms with Gasteiger partial charge in [0.15, 0.2) is 0 Å². The van der Waals surface area contributed by atoms with E-state index in [0.29, 0.717) is 19.4 Å². The van der Waals surface area contributed by atoms with Crippen LogP contribution in [0.25, 0.3) is 0 Å². The quantitative estimate of drug-likeness (QED) is 0.778. The fourth-order valence-electron chi connectivity index (χ4n) is 3.26. The van der Waals surface area contributed by atoms with E-state index in [1.807, 2.05) is 6.92 Å². The van der Waals surface area contributed by atoms with Gasteiger partial charge in [-0.25, -0.2) is 0 Å². The minimum Gasteiger partial charge on any atom is -0.388 e. The van der Waals surface area contributed by atoms with Gasteiger partial charge in [-0.3, -0.25) is 4.18 Å². The molecule has 2 saturated heterocycles. The number of aryl methyl sites for hydroxylation is 1. The Morgan fingerprint density at radius 2 is 1.87 bits per heavy atom. The summed E-state index contributed by atoms with van der Waals surface area (Å²) in [7, 11) is -3.89. The van der Waals surface area contributed by atoms with Gasteiger partial charge < -0.3 is 15.6 Å². The molecule has 128 valence electrons. The Morgan fingerprint density at radius 1 is 1.26 bits per heavy atom. The van der Waals surface area contributed by atoms with E-state index in [4.69, 9.17) is 14.7 Å². The van der Waals surface area contributed by atoms with Crippen molar-refractivity contribution in [2.45, 2.75) is 54.7 Å². The van der Waals surface area contributed by atoms with Gasteiger partial charge in [0.2, 0.25) is 0 Å². The number of ether oxygens (including phenoxy) is 1. The lowest BCUT2D eigenvalue weighted by Gasteiger charge is -2.53. The first-order valence-corrected chi connectivity index (χ1v) is 9.23. The van der Waals surface area contributed by atoms with Crippen LogP contribution in [-0.4, -0.2) is 44.0 Å². The Hall–Kier alpha value is -0.990. The molecular weight excluding hydrogens is 318 g/mol. The SMILES string of the molecule is Cc1ccc(S(=O)(=O)OCC(O)C23CCC(N)(CC2)CO3)cc1. The molecule has 3 fully saturated rings. The van der Waals surface area contributed by atoms with Gasteiger partial charge in [-0.15, -0.1) is 0 Å². The number of aliphatic hydroxyl groups is 1. The van der Waals surface area contributed by atoms with Crippen LogP contribution in [0, 0.1) is 6.92 Å². The van der Waals surface area contributed by atoms with Crippen LogP contribution in [-0.2, 0) is 19.0 Å². The molecule has 1 saturated carbocycles. The summed E-state index contributed by atoms with van der Waals surface area (Å²) in [5, 5.41) is 10.4. The zero-order valence-electron chi connectivity index (χ0n) is 13.2. The summed E-state index contributed by atoms with van der Waals surface area (Å²) in [6.07, 6.45) is 1.80. The third kappa shape index (κ3) is 3.29. The van der Waals surface area contributed by atoms with Gasteiger partial charge in [0.1, 0.15) is 6.10 Å². The molecule has 2 aliphatic heterocycles. The summed E-state index contributed by atoms with van der Waals surface area (Å²) in [6.45, 7) is 1.96. The molecule has 3 aliphatic rings. The van der Waals surface area contributed by atoms with Crippen LogP contribution in [0.1, 0.15) is 31.2 Å². The molecule has 1 aliphatic carbocycles. The van der Waals surface area contributed by atoms with Crippen molar-refractivity contribution in [3.8, 4) is 0 Å². The number of benzene rings is 1. The zero-order chi connectivity index (χ0) is 16.7. The molecular formula is C16H23NO5S. The van der Waals surface area contributed by atoms with E-state index < -0.39 is 21.8 Å². The second kappa shape index (κ2) is 5.82. The normalized spacial score (nSPS) is 32.0. The van der Waals surface area contributed by atoms with E-state index in [0.717, 1.165) is 18.4 Å². The van der Waals surface area contributed by atoms with Crippen molar-refractivity contribution in [2.75, 3.05) is 13.2 Å². The smallest absolute Gasteiger partial charge is 0.297 e. The highest BCUT2D eigenvalue weighted by Crippen LogP contribution is 2.44. The monoisotopic (exact) mass is 341 g/mol. The summed E-state index contributed by atoms with van der Waals surface area (Å²) in [6, 6.07) is 6.40. The van der Waals surface area contributed by atoms with Gasteiger partial charge in [0, 0.05) is 5.54 Å². The van der Waals surface area contributed by atoms with Crippen LogP contribution in [0.3, 0.4) is 0 Å². The van der Waals surface area contributed by atoms with Gasteiger partial charge in [-0.05, 0) is 44.7 Å². The molecule has 7 heteroatoms. The molecule has 23 heavy (non-hydrogen) atoms. The summed E-state index contributed by atoms with van der Waals surface area (Å²) < 4.78 is 35.2. The van der Waals surface area contributed by atoms with Crippen LogP contribution in [0.4, 0.5) is 0 Å². The van der Waals surface area contributed by atoms with E-state index >= 15 is 0 Å². The van der Waals surface area contributed by atoms with Crippen molar-refractivity contribution in [1.82, 2.24) is 0 Å². The van der Waals surface area contributed by atoms with Crippen LogP contribution >= 0.6 is 0 Å². The Kier molecular flexibility index (Phi) is 4.27. The van der Waals surface area contributed by atoms with Gasteiger partial charge in [0.05, 0.1) is 23.7 Å². The first kappa shape index (κ1) is 16.9. The lowest BCUT2D eigenvalue weighted by molar-refractivity contribution is -0.207. The van der Waals surface area contributed by atoms with E-state index in [2.05, 4.69) is 0 Å². The van der Waals surface area contributed by atoms with Crippen LogP contribution < -0.4 is 5.73 Å². The van der Waals surface area contributed by atoms with Crippen molar-refractivity contribution < 1.29 is 22.4 Å². The lowest BCUT2D eigenvalue weighted by atomic mass is 9.69. The average molecular weight is 341 g/mol. The van der Waals surface area contributed by atoms with E-state index in [1.54, 1.807) is 12.1 Å². The molecule has 1 aromatic carbocycles. The maximum Gasteiger partial charge on any atom is 0.297 e. The average Bonchev–Trinajstić information content (AvgIpc) is 2.54. The first-order chi connectivity index (χ1) is 10.7. The highest BCUT2D eigenvalue weighted by Gasteiger charge is 2.51. The number of aliphatic hydroxyl groups excluding tert-OH is 1. The molecule has 0 amide bonds. The molecule has 1 atom stereocenters. The second-order valence-electron chi connectivity index (χ2n) is 6.78. The largest absolute Gasteiger partial charge is 0.388 e. The third-order valence-corrected chi connectivity index (χ3v) is 6.33. The molecule has 0 aromatic heterocycles. The minimum absolute atomic E-state index is 0.0852. The summed E-state index contributed by atoms with van der Waals surface area (Å²) in [5.41, 5.74) is 6.09. The number of nitrogens with two attached hydrogens (primary N) is 1. The van der Waals surface area contributed by atoms with Crippen molar-refractivity contribution in [1.29, 1.82) is 0 Å². The van der Waals surface area contributed by atoms with Crippen LogP contribution in [0.2, 0.25) is 0 Å². The molecule has 4 rings (SSSR count). The molecule has 2 heterocycles. The Labute approximate surface area is 136 Å². The topological polar surface area (TPSA) is 98.9 Å². The highest BCUT2D eigenvalue weighted by atomic mass is 32.2. The van der Waals surface area contributed by atoms with Crippen molar-refractivity contribution in [3.05, 3.63) is 29.8 Å². The number of hydrogen-bond donors (Lipinski definition) is 2. The van der Waals surface area contributed by atoms with E-state index in [1.165, 1.54) is 12.1 Å². The standard InChI is InChI=1S/C16H23NO5S/c1-12-2-4-13(5-3-12)23(19,20)22-10-14(18)16-8-6-15(17,7-9-16)11-21-16/h2-5,14,18H,6-11,17H2,1H3. The van der Waals surface area contributed by atoms with Gasteiger partial charge in [-0.2, -0.15) is 8.42 Å². The number of rotatable bonds is 5. The highest BCUT2D eigenvalue weighted by molar-refractivity contribution is 7.86. The van der Waals surface area contributed by atoms with Crippen molar-refractivity contribution in [3.63, 3.8) is 0 Å². The Bertz CT molecular complexity index is 646. The lowest BCUT2D eigenvalue weighted by Crippen LogP contribution is -2.64. The number of fused-ring (bicyclic) bond motifs is 3. The fraction of sp³-hybridized carbons (Fsp3) is 0.625. The predicted molar refractivity (Wildman–Crippen MR) is 84.4 cm³/mol. The maximum absolute atomic E-state index is 12.2. The zero-order valence-corrected chi connectivity index (χ0v) is 14.0. The summed E-state index contributed by atoms with van der Waals surface area (Å²) in [5.74, 6) is 0. The van der Waals surface area contributed by atoms with E-state index in [9.17, 15) is 13.5 Å². The van der Waals surface area contributed by atoms with Crippen LogP contribution in [0.5, 0.6) is 0 Å². The van der Waals surface area contributed by atoms with Crippen LogP contribution in [0.15, 0.2) is 29.2 Å². The number of hydrogen-bond acceptors (Lipinski definition) is 6. The summed E-state index contributed by atoms with van der Waals surface area (Å²) >= 11 is 0. The first-order valence-electron chi connectivity index (χ1n) is 7.82. The molecule has 6 nitrogen and oxygen atoms in total. The summed E-state index contributed by atoms with van der Waals surface area (Å²) in [4.78, 5) is 0.0852. The molecule has 1 aromatic rings. The van der Waals surface area contributed by atoms with Gasteiger partial charge >= 0.3 is 0 Å².